The minimum atomic E-state index is -0.0740. The van der Waals surface area contributed by atoms with Crippen LogP contribution < -0.4 is 0 Å². The second kappa shape index (κ2) is 21.8. The fourth-order valence-corrected chi connectivity index (χ4v) is 7.91. The van der Waals surface area contributed by atoms with Crippen LogP contribution in [0.2, 0.25) is 0 Å². The summed E-state index contributed by atoms with van der Waals surface area (Å²) in [7, 11) is 0. The van der Waals surface area contributed by atoms with Gasteiger partial charge in [0, 0.05) is 5.75 Å². The van der Waals surface area contributed by atoms with E-state index in [0.717, 1.165) is 24.3 Å². The molecule has 0 spiro atoms. The van der Waals surface area contributed by atoms with Gasteiger partial charge in [0.1, 0.15) is 0 Å². The molecule has 0 saturated carbocycles. The van der Waals surface area contributed by atoms with E-state index in [1.54, 1.807) is 0 Å². The Morgan fingerprint density at radius 3 is 1.78 bits per heavy atom. The summed E-state index contributed by atoms with van der Waals surface area (Å²) in [6, 6.07) is 20.8. The molecule has 0 aliphatic rings. The third kappa shape index (κ3) is 15.2. The Morgan fingerprint density at radius 2 is 1.22 bits per heavy atom. The summed E-state index contributed by atoms with van der Waals surface area (Å²) in [6.07, 6.45) is 15.4. The highest BCUT2D eigenvalue weighted by Crippen LogP contribution is 2.37. The van der Waals surface area contributed by atoms with Gasteiger partial charge in [-0.2, -0.15) is 0 Å². The average molecular weight is 561 g/mol. The summed E-state index contributed by atoms with van der Waals surface area (Å²) in [4.78, 5) is 13.2. The van der Waals surface area contributed by atoms with E-state index in [4.69, 9.17) is 4.18 Å². The minimum absolute atomic E-state index is 0.0519. The highest BCUT2D eigenvalue weighted by Gasteiger charge is 2.30. The lowest BCUT2D eigenvalue weighted by Crippen LogP contribution is -2.25. The Labute approximate surface area is 240 Å². The van der Waals surface area contributed by atoms with Gasteiger partial charge in [-0.25, -0.2) is 0 Å². The zero-order chi connectivity index (χ0) is 26.4. The zero-order valence-electron chi connectivity index (χ0n) is 23.1. The fraction of sp³-hybridized carbons (Fsp3) is 0.594. The molecule has 0 aliphatic carbocycles. The number of carbonyl (C=O) groups is 1. The molecule has 0 fully saturated rings. The molecular formula is C32H48O2S3. The molecule has 37 heavy (non-hydrogen) atoms. The molecule has 0 aliphatic heterocycles. The Hall–Kier alpha value is -1.04. The molecular weight excluding hydrogens is 513 g/mol. The van der Waals surface area contributed by atoms with Gasteiger partial charge in [-0.05, 0) is 29.7 Å². The molecule has 2 rings (SSSR count). The van der Waals surface area contributed by atoms with E-state index in [2.05, 4.69) is 56.3 Å². The lowest BCUT2D eigenvalue weighted by Gasteiger charge is -2.24. The van der Waals surface area contributed by atoms with Gasteiger partial charge in [-0.3, -0.25) is 4.79 Å². The SMILES string of the molecule is CCCCCCCCCCCCSC(SCc1ccccc1)C(CCC)C(=O)OSCc1ccccc1. The standard InChI is InChI=1S/C32H48O2S3/c1-3-5-6-7-8-9-10-11-12-19-25-35-32(36-26-28-21-15-13-16-22-28)30(20-4-2)31(33)34-37-27-29-23-17-14-18-24-29/h13-18,21-24,30,32H,3-12,19-20,25-27H2,1-2H3. The van der Waals surface area contributed by atoms with Gasteiger partial charge in [0.05, 0.1) is 28.3 Å². The van der Waals surface area contributed by atoms with Gasteiger partial charge in [0.25, 0.3) is 0 Å². The first kappa shape index (κ1) is 32.2. The van der Waals surface area contributed by atoms with Crippen molar-refractivity contribution in [3.63, 3.8) is 0 Å². The van der Waals surface area contributed by atoms with E-state index in [1.165, 1.54) is 87.4 Å². The van der Waals surface area contributed by atoms with Crippen molar-refractivity contribution in [3.8, 4) is 0 Å². The molecule has 0 aromatic heterocycles. The first-order chi connectivity index (χ1) is 18.2. The molecule has 2 nitrogen and oxygen atoms in total. The Kier molecular flexibility index (Phi) is 19.0. The summed E-state index contributed by atoms with van der Waals surface area (Å²) in [5.41, 5.74) is 2.50. The minimum Gasteiger partial charge on any atom is -0.391 e. The number of benzene rings is 2. The summed E-state index contributed by atoms with van der Waals surface area (Å²) in [5, 5.41) is 0. The van der Waals surface area contributed by atoms with Crippen molar-refractivity contribution < 1.29 is 8.98 Å². The van der Waals surface area contributed by atoms with Crippen LogP contribution >= 0.6 is 35.6 Å². The van der Waals surface area contributed by atoms with Gasteiger partial charge in [0.2, 0.25) is 0 Å². The quantitative estimate of drug-likeness (QED) is 0.0810. The van der Waals surface area contributed by atoms with E-state index in [9.17, 15) is 4.79 Å². The van der Waals surface area contributed by atoms with Crippen molar-refractivity contribution in [3.05, 3.63) is 71.8 Å². The lowest BCUT2D eigenvalue weighted by atomic mass is 10.1. The maximum Gasteiger partial charge on any atom is 0.322 e. The topological polar surface area (TPSA) is 26.3 Å². The van der Waals surface area contributed by atoms with Crippen LogP contribution in [0.15, 0.2) is 60.7 Å². The Morgan fingerprint density at radius 1 is 0.676 bits per heavy atom. The second-order valence-corrected chi connectivity index (χ2v) is 13.1. The molecule has 2 aromatic rings. The molecule has 0 saturated heterocycles. The molecule has 206 valence electrons. The molecule has 0 N–H and O–H groups in total. The Bertz CT molecular complexity index is 800. The van der Waals surface area contributed by atoms with Crippen LogP contribution in [0, 0.1) is 5.92 Å². The van der Waals surface area contributed by atoms with Crippen molar-refractivity contribution in [2.45, 2.75) is 107 Å². The summed E-state index contributed by atoms with van der Waals surface area (Å²) >= 11 is 5.17. The van der Waals surface area contributed by atoms with Crippen LogP contribution in [0.1, 0.15) is 102 Å². The third-order valence-electron chi connectivity index (χ3n) is 6.48. The summed E-state index contributed by atoms with van der Waals surface area (Å²) < 4.78 is 5.98. The Balaban J connectivity index is 1.81. The second-order valence-electron chi connectivity index (χ2n) is 9.76. The van der Waals surface area contributed by atoms with Crippen LogP contribution in [-0.4, -0.2) is 16.3 Å². The van der Waals surface area contributed by atoms with Gasteiger partial charge < -0.3 is 4.18 Å². The highest BCUT2D eigenvalue weighted by molar-refractivity contribution is 8.16. The molecule has 0 heterocycles. The molecule has 2 unspecified atom stereocenters. The number of hydrogen-bond donors (Lipinski definition) is 0. The first-order valence-electron chi connectivity index (χ1n) is 14.4. The van der Waals surface area contributed by atoms with Crippen molar-refractivity contribution in [2.75, 3.05) is 5.75 Å². The molecule has 0 radical (unpaired) electrons. The monoisotopic (exact) mass is 560 g/mol. The maximum atomic E-state index is 13.2. The predicted octanol–water partition coefficient (Wildman–Crippen LogP) is 10.7. The lowest BCUT2D eigenvalue weighted by molar-refractivity contribution is -0.137. The largest absolute Gasteiger partial charge is 0.391 e. The smallest absolute Gasteiger partial charge is 0.322 e. The van der Waals surface area contributed by atoms with Gasteiger partial charge in [0.15, 0.2) is 0 Å². The van der Waals surface area contributed by atoms with Crippen LogP contribution in [0.25, 0.3) is 0 Å². The maximum absolute atomic E-state index is 13.2. The number of hydrogen-bond acceptors (Lipinski definition) is 5. The molecule has 2 atom stereocenters. The number of thioether (sulfide) groups is 2. The van der Waals surface area contributed by atoms with E-state index in [-0.39, 0.29) is 16.5 Å². The van der Waals surface area contributed by atoms with Crippen LogP contribution in [0.5, 0.6) is 0 Å². The summed E-state index contributed by atoms with van der Waals surface area (Å²) in [5.74, 6) is 2.62. The number of unbranched alkanes of at least 4 members (excludes halogenated alkanes) is 9. The van der Waals surface area contributed by atoms with Gasteiger partial charge in [-0.15, -0.1) is 23.5 Å². The molecule has 2 aromatic carbocycles. The zero-order valence-corrected chi connectivity index (χ0v) is 25.5. The predicted molar refractivity (Wildman–Crippen MR) is 168 cm³/mol. The highest BCUT2D eigenvalue weighted by atomic mass is 32.2. The van der Waals surface area contributed by atoms with E-state index >= 15 is 0 Å². The average Bonchev–Trinajstić information content (AvgIpc) is 2.93. The van der Waals surface area contributed by atoms with Gasteiger partial charge >= 0.3 is 5.97 Å². The van der Waals surface area contributed by atoms with Crippen molar-refractivity contribution in [1.82, 2.24) is 0 Å². The van der Waals surface area contributed by atoms with Crippen LogP contribution in [0.4, 0.5) is 0 Å². The number of carbonyl (C=O) groups excluding carboxylic acids is 1. The fourth-order valence-electron chi connectivity index (χ4n) is 4.29. The van der Waals surface area contributed by atoms with Crippen molar-refractivity contribution in [2.24, 2.45) is 5.92 Å². The van der Waals surface area contributed by atoms with Crippen LogP contribution in [0.3, 0.4) is 0 Å². The van der Waals surface area contributed by atoms with Crippen molar-refractivity contribution in [1.29, 1.82) is 0 Å². The molecule has 5 heteroatoms. The van der Waals surface area contributed by atoms with E-state index in [0.29, 0.717) is 5.75 Å². The van der Waals surface area contributed by atoms with Crippen molar-refractivity contribution >= 4 is 41.5 Å². The third-order valence-corrected chi connectivity index (χ3v) is 10.4. The normalized spacial score (nSPS) is 12.8. The molecule has 0 amide bonds. The van der Waals surface area contributed by atoms with Gasteiger partial charge in [-0.1, -0.05) is 139 Å². The summed E-state index contributed by atoms with van der Waals surface area (Å²) in [6.45, 7) is 4.45. The molecule has 0 bridgehead atoms. The first-order valence-corrected chi connectivity index (χ1v) is 17.4. The van der Waals surface area contributed by atoms with E-state index < -0.39 is 0 Å². The number of rotatable bonds is 22. The van der Waals surface area contributed by atoms with E-state index in [1.807, 2.05) is 41.7 Å². The van der Waals surface area contributed by atoms with Crippen LogP contribution in [-0.2, 0) is 20.5 Å².